The normalized spacial score (nSPS) is 12.4. The Bertz CT molecular complexity index is 555. The highest BCUT2D eigenvalue weighted by molar-refractivity contribution is 7.99. The molecule has 2 aromatic rings. The number of thioether (sulfide) groups is 1. The molecule has 0 amide bonds. The van der Waals surface area contributed by atoms with Gasteiger partial charge in [-0.1, -0.05) is 25.1 Å². The second kappa shape index (κ2) is 6.17. The molecule has 1 unspecified atom stereocenters. The highest BCUT2D eigenvalue weighted by Gasteiger charge is 2.11. The fraction of sp³-hybridized carbons (Fsp3) is 0.200. The van der Waals surface area contributed by atoms with E-state index in [-0.39, 0.29) is 0 Å². The first-order chi connectivity index (χ1) is 9.11. The summed E-state index contributed by atoms with van der Waals surface area (Å²) in [5.74, 6) is -0.717. The molecule has 0 spiro atoms. The number of halogens is 2. The Morgan fingerprint density at radius 3 is 2.21 bits per heavy atom. The summed E-state index contributed by atoms with van der Waals surface area (Å²) in [5.41, 5.74) is 7.51. The summed E-state index contributed by atoms with van der Waals surface area (Å²) in [6.45, 7) is 2.09. The van der Waals surface area contributed by atoms with Gasteiger partial charge in [-0.05, 0) is 41.1 Å². The van der Waals surface area contributed by atoms with Crippen LogP contribution in [0.3, 0.4) is 0 Å². The van der Waals surface area contributed by atoms with Gasteiger partial charge in [0.2, 0.25) is 0 Å². The third-order valence-electron chi connectivity index (χ3n) is 2.85. The van der Waals surface area contributed by atoms with E-state index in [1.54, 1.807) is 11.8 Å². The molecular weight excluding hydrogens is 264 g/mol. The Morgan fingerprint density at radius 1 is 1.00 bits per heavy atom. The van der Waals surface area contributed by atoms with Crippen molar-refractivity contribution in [3.63, 3.8) is 0 Å². The van der Waals surface area contributed by atoms with E-state index < -0.39 is 17.7 Å². The van der Waals surface area contributed by atoms with E-state index in [0.717, 1.165) is 23.4 Å². The maximum atomic E-state index is 13.2. The van der Waals surface area contributed by atoms with Gasteiger partial charge >= 0.3 is 0 Å². The molecule has 0 heterocycles. The zero-order valence-corrected chi connectivity index (χ0v) is 11.4. The second-order valence-corrected chi connectivity index (χ2v) is 5.49. The highest BCUT2D eigenvalue weighted by atomic mass is 32.2. The van der Waals surface area contributed by atoms with Crippen LogP contribution in [0.5, 0.6) is 0 Å². The predicted molar refractivity (Wildman–Crippen MR) is 75.2 cm³/mol. The van der Waals surface area contributed by atoms with Crippen LogP contribution in [0.4, 0.5) is 8.78 Å². The van der Waals surface area contributed by atoms with Gasteiger partial charge in [0, 0.05) is 4.90 Å². The number of hydrogen-bond donors (Lipinski definition) is 1. The Balaban J connectivity index is 2.22. The Morgan fingerprint density at radius 2 is 1.63 bits per heavy atom. The number of rotatable bonds is 4. The Hall–Kier alpha value is -1.39. The first-order valence-electron chi connectivity index (χ1n) is 6.05. The van der Waals surface area contributed by atoms with Gasteiger partial charge in [-0.25, -0.2) is 8.78 Å². The first kappa shape index (κ1) is 14.0. The van der Waals surface area contributed by atoms with Crippen LogP contribution in [0.2, 0.25) is 0 Å². The smallest absolute Gasteiger partial charge is 0.159 e. The highest BCUT2D eigenvalue weighted by Crippen LogP contribution is 2.24. The zero-order chi connectivity index (χ0) is 13.8. The molecule has 0 aliphatic rings. The molecule has 0 bridgehead atoms. The largest absolute Gasteiger partial charge is 0.320 e. The van der Waals surface area contributed by atoms with Gasteiger partial charge in [0.15, 0.2) is 11.6 Å². The Labute approximate surface area is 115 Å². The standard InChI is InChI=1S/C15H15F2NS/c1-2-19-12-6-3-10(4-7-12)15(18)11-5-8-13(16)14(17)9-11/h3-9,15H,2,18H2,1H3. The lowest BCUT2D eigenvalue weighted by molar-refractivity contribution is 0.506. The van der Waals surface area contributed by atoms with E-state index in [4.69, 9.17) is 5.73 Å². The molecule has 2 aromatic carbocycles. The third-order valence-corrected chi connectivity index (χ3v) is 3.75. The minimum absolute atomic E-state index is 0.448. The lowest BCUT2D eigenvalue weighted by Gasteiger charge is -2.13. The van der Waals surface area contributed by atoms with E-state index in [0.29, 0.717) is 5.56 Å². The van der Waals surface area contributed by atoms with Crippen LogP contribution < -0.4 is 5.73 Å². The molecule has 1 nitrogen and oxygen atoms in total. The summed E-state index contributed by atoms with van der Waals surface area (Å²) in [6.07, 6.45) is 0. The summed E-state index contributed by atoms with van der Waals surface area (Å²) in [4.78, 5) is 1.17. The van der Waals surface area contributed by atoms with E-state index in [1.807, 2.05) is 24.3 Å². The molecule has 0 aromatic heterocycles. The molecular formula is C15H15F2NS. The average Bonchev–Trinajstić information content (AvgIpc) is 2.42. The maximum absolute atomic E-state index is 13.2. The van der Waals surface area contributed by atoms with E-state index >= 15 is 0 Å². The molecule has 0 saturated heterocycles. The molecule has 100 valence electrons. The summed E-state index contributed by atoms with van der Waals surface area (Å²) < 4.78 is 26.1. The third kappa shape index (κ3) is 3.33. The summed E-state index contributed by atoms with van der Waals surface area (Å²) in [7, 11) is 0. The quantitative estimate of drug-likeness (QED) is 0.852. The molecule has 2 rings (SSSR count). The minimum Gasteiger partial charge on any atom is -0.320 e. The molecule has 19 heavy (non-hydrogen) atoms. The van der Waals surface area contributed by atoms with Gasteiger partial charge in [-0.2, -0.15) is 0 Å². The van der Waals surface area contributed by atoms with Crippen molar-refractivity contribution in [1.29, 1.82) is 0 Å². The van der Waals surface area contributed by atoms with Gasteiger partial charge in [-0.3, -0.25) is 0 Å². The maximum Gasteiger partial charge on any atom is 0.159 e. The molecule has 0 aliphatic carbocycles. The molecule has 4 heteroatoms. The number of benzene rings is 2. The Kier molecular flexibility index (Phi) is 4.56. The topological polar surface area (TPSA) is 26.0 Å². The van der Waals surface area contributed by atoms with E-state index in [9.17, 15) is 8.78 Å². The van der Waals surface area contributed by atoms with Crippen LogP contribution in [0.1, 0.15) is 24.1 Å². The molecule has 0 fully saturated rings. The van der Waals surface area contributed by atoms with Gasteiger partial charge in [0.25, 0.3) is 0 Å². The summed E-state index contributed by atoms with van der Waals surface area (Å²) >= 11 is 1.75. The molecule has 0 radical (unpaired) electrons. The number of nitrogens with two attached hydrogens (primary N) is 1. The van der Waals surface area contributed by atoms with Crippen LogP contribution in [0.25, 0.3) is 0 Å². The van der Waals surface area contributed by atoms with Crippen molar-refractivity contribution < 1.29 is 8.78 Å². The van der Waals surface area contributed by atoms with Crippen molar-refractivity contribution in [2.75, 3.05) is 5.75 Å². The van der Waals surface area contributed by atoms with Gasteiger partial charge in [0.1, 0.15) is 0 Å². The van der Waals surface area contributed by atoms with Crippen molar-refractivity contribution >= 4 is 11.8 Å². The van der Waals surface area contributed by atoms with Crippen molar-refractivity contribution in [2.45, 2.75) is 17.9 Å². The van der Waals surface area contributed by atoms with Gasteiger partial charge in [-0.15, -0.1) is 11.8 Å². The molecule has 0 aliphatic heterocycles. The lowest BCUT2D eigenvalue weighted by Crippen LogP contribution is -2.12. The van der Waals surface area contributed by atoms with E-state index in [1.165, 1.54) is 11.0 Å². The molecule has 1 atom stereocenters. The van der Waals surface area contributed by atoms with Crippen molar-refractivity contribution in [1.82, 2.24) is 0 Å². The van der Waals surface area contributed by atoms with Crippen molar-refractivity contribution in [3.05, 3.63) is 65.2 Å². The van der Waals surface area contributed by atoms with Gasteiger partial charge < -0.3 is 5.73 Å². The van der Waals surface area contributed by atoms with Crippen LogP contribution in [-0.2, 0) is 0 Å². The number of hydrogen-bond acceptors (Lipinski definition) is 2. The SMILES string of the molecule is CCSc1ccc(C(N)c2ccc(F)c(F)c2)cc1. The van der Waals surface area contributed by atoms with E-state index in [2.05, 4.69) is 6.92 Å². The zero-order valence-electron chi connectivity index (χ0n) is 10.6. The monoisotopic (exact) mass is 279 g/mol. The fourth-order valence-electron chi connectivity index (χ4n) is 1.84. The summed E-state index contributed by atoms with van der Waals surface area (Å²) in [5, 5.41) is 0. The van der Waals surface area contributed by atoms with Crippen molar-refractivity contribution in [2.24, 2.45) is 5.73 Å². The minimum atomic E-state index is -0.869. The summed E-state index contributed by atoms with van der Waals surface area (Å²) in [6, 6.07) is 11.1. The fourth-order valence-corrected chi connectivity index (χ4v) is 2.50. The van der Waals surface area contributed by atoms with Crippen LogP contribution >= 0.6 is 11.8 Å². The van der Waals surface area contributed by atoms with Crippen LogP contribution in [0.15, 0.2) is 47.4 Å². The average molecular weight is 279 g/mol. The van der Waals surface area contributed by atoms with Crippen molar-refractivity contribution in [3.8, 4) is 0 Å². The van der Waals surface area contributed by atoms with Gasteiger partial charge in [0.05, 0.1) is 6.04 Å². The molecule has 0 saturated carbocycles. The van der Waals surface area contributed by atoms with Crippen LogP contribution in [0, 0.1) is 11.6 Å². The first-order valence-corrected chi connectivity index (χ1v) is 7.03. The van der Waals surface area contributed by atoms with Crippen LogP contribution in [-0.4, -0.2) is 5.75 Å². The predicted octanol–water partition coefficient (Wildman–Crippen LogP) is 4.12. The lowest BCUT2D eigenvalue weighted by atomic mass is 9.99. The molecule has 2 N–H and O–H groups in total. The second-order valence-electron chi connectivity index (χ2n) is 4.15.